The first-order valence-corrected chi connectivity index (χ1v) is 5.53. The Kier molecular flexibility index (Phi) is 3.37. The molecule has 1 heterocycles. The molecule has 1 aromatic heterocycles. The summed E-state index contributed by atoms with van der Waals surface area (Å²) < 4.78 is 5.24. The Balaban J connectivity index is 2.31. The zero-order valence-electron chi connectivity index (χ0n) is 9.11. The molecule has 0 atom stereocenters. The standard InChI is InChI=1S/C13H15NO2/c14-8-4-3-6-11-9-10-5-1-2-7-12(10)16-13(11)15/h1-2,5,7,9H,3-4,6,8,14H2. The fourth-order valence-electron chi connectivity index (χ4n) is 1.74. The van der Waals surface area contributed by atoms with Crippen LogP contribution in [0.3, 0.4) is 0 Å². The summed E-state index contributed by atoms with van der Waals surface area (Å²) in [7, 11) is 0. The van der Waals surface area contributed by atoms with Crippen molar-refractivity contribution in [2.45, 2.75) is 19.3 Å². The van der Waals surface area contributed by atoms with E-state index in [-0.39, 0.29) is 5.63 Å². The Morgan fingerprint density at radius 1 is 1.19 bits per heavy atom. The molecular weight excluding hydrogens is 202 g/mol. The zero-order chi connectivity index (χ0) is 11.4. The van der Waals surface area contributed by atoms with Crippen LogP contribution < -0.4 is 11.4 Å². The molecule has 0 amide bonds. The minimum atomic E-state index is -0.226. The van der Waals surface area contributed by atoms with Crippen molar-refractivity contribution in [1.82, 2.24) is 0 Å². The van der Waals surface area contributed by atoms with Gasteiger partial charge in [-0.25, -0.2) is 4.79 Å². The van der Waals surface area contributed by atoms with Crippen LogP contribution in [0.25, 0.3) is 11.0 Å². The summed E-state index contributed by atoms with van der Waals surface area (Å²) in [5, 5.41) is 0.977. The summed E-state index contributed by atoms with van der Waals surface area (Å²) in [4.78, 5) is 11.6. The second kappa shape index (κ2) is 4.94. The van der Waals surface area contributed by atoms with E-state index in [9.17, 15) is 4.79 Å². The van der Waals surface area contributed by atoms with Gasteiger partial charge in [-0.2, -0.15) is 0 Å². The van der Waals surface area contributed by atoms with E-state index in [0.717, 1.165) is 30.2 Å². The van der Waals surface area contributed by atoms with Crippen LogP contribution >= 0.6 is 0 Å². The van der Waals surface area contributed by atoms with Crippen LogP contribution in [-0.4, -0.2) is 6.54 Å². The van der Waals surface area contributed by atoms with Crippen LogP contribution in [-0.2, 0) is 6.42 Å². The Bertz CT molecular complexity index is 531. The predicted octanol–water partition coefficient (Wildman–Crippen LogP) is 2.07. The summed E-state index contributed by atoms with van der Waals surface area (Å²) in [6.07, 6.45) is 2.61. The lowest BCUT2D eigenvalue weighted by Gasteiger charge is -2.01. The van der Waals surface area contributed by atoms with Crippen molar-refractivity contribution in [1.29, 1.82) is 0 Å². The van der Waals surface area contributed by atoms with Crippen LogP contribution in [0.1, 0.15) is 18.4 Å². The maximum Gasteiger partial charge on any atom is 0.339 e. The van der Waals surface area contributed by atoms with Crippen LogP contribution in [0.2, 0.25) is 0 Å². The van der Waals surface area contributed by atoms with E-state index < -0.39 is 0 Å². The molecule has 0 bridgehead atoms. The second-order valence-electron chi connectivity index (χ2n) is 3.84. The highest BCUT2D eigenvalue weighted by molar-refractivity contribution is 5.76. The van der Waals surface area contributed by atoms with Crippen LogP contribution in [0.15, 0.2) is 39.5 Å². The molecule has 0 aliphatic heterocycles. The van der Waals surface area contributed by atoms with E-state index in [1.807, 2.05) is 24.3 Å². The van der Waals surface area contributed by atoms with E-state index in [1.54, 1.807) is 6.07 Å². The average Bonchev–Trinajstić information content (AvgIpc) is 2.30. The smallest absolute Gasteiger partial charge is 0.339 e. The van der Waals surface area contributed by atoms with E-state index >= 15 is 0 Å². The molecule has 0 saturated heterocycles. The highest BCUT2D eigenvalue weighted by Crippen LogP contribution is 2.13. The first kappa shape index (κ1) is 10.9. The molecule has 1 aromatic carbocycles. The molecular formula is C13H15NO2. The average molecular weight is 217 g/mol. The molecule has 0 aliphatic carbocycles. The first-order chi connectivity index (χ1) is 7.81. The maximum atomic E-state index is 11.6. The van der Waals surface area contributed by atoms with Gasteiger partial charge in [0.05, 0.1) is 0 Å². The molecule has 16 heavy (non-hydrogen) atoms. The largest absolute Gasteiger partial charge is 0.423 e. The molecule has 0 fully saturated rings. The molecule has 2 aromatic rings. The third kappa shape index (κ3) is 2.31. The zero-order valence-corrected chi connectivity index (χ0v) is 9.11. The molecule has 3 nitrogen and oxygen atoms in total. The Morgan fingerprint density at radius 2 is 2.00 bits per heavy atom. The van der Waals surface area contributed by atoms with Crippen LogP contribution in [0.5, 0.6) is 0 Å². The SMILES string of the molecule is NCCCCc1cc2ccccc2oc1=O. The maximum absolute atomic E-state index is 11.6. The van der Waals surface area contributed by atoms with Gasteiger partial charge in [0.2, 0.25) is 0 Å². The Morgan fingerprint density at radius 3 is 2.81 bits per heavy atom. The van der Waals surface area contributed by atoms with Gasteiger partial charge in [-0.15, -0.1) is 0 Å². The number of rotatable bonds is 4. The minimum absolute atomic E-state index is 0.226. The van der Waals surface area contributed by atoms with E-state index in [2.05, 4.69) is 0 Å². The normalized spacial score (nSPS) is 10.8. The van der Waals surface area contributed by atoms with Gasteiger partial charge in [0.1, 0.15) is 5.58 Å². The Labute approximate surface area is 93.9 Å². The minimum Gasteiger partial charge on any atom is -0.423 e. The molecule has 0 saturated carbocycles. The lowest BCUT2D eigenvalue weighted by molar-refractivity contribution is 0.546. The molecule has 2 N–H and O–H groups in total. The van der Waals surface area contributed by atoms with Gasteiger partial charge in [-0.05, 0) is 37.9 Å². The van der Waals surface area contributed by atoms with Crippen molar-refractivity contribution >= 4 is 11.0 Å². The number of para-hydroxylation sites is 1. The van der Waals surface area contributed by atoms with Crippen molar-refractivity contribution in [2.24, 2.45) is 5.73 Å². The fraction of sp³-hybridized carbons (Fsp3) is 0.308. The van der Waals surface area contributed by atoms with E-state index in [1.165, 1.54) is 0 Å². The fourth-order valence-corrected chi connectivity index (χ4v) is 1.74. The monoisotopic (exact) mass is 217 g/mol. The second-order valence-corrected chi connectivity index (χ2v) is 3.84. The van der Waals surface area contributed by atoms with E-state index in [0.29, 0.717) is 12.1 Å². The number of nitrogens with two attached hydrogens (primary N) is 1. The number of hydrogen-bond acceptors (Lipinski definition) is 3. The quantitative estimate of drug-likeness (QED) is 0.630. The van der Waals surface area contributed by atoms with Crippen LogP contribution in [0, 0.1) is 0 Å². The molecule has 0 spiro atoms. The van der Waals surface area contributed by atoms with Crippen molar-refractivity contribution in [3.8, 4) is 0 Å². The van der Waals surface area contributed by atoms with Crippen molar-refractivity contribution < 1.29 is 4.42 Å². The van der Waals surface area contributed by atoms with Gasteiger partial charge in [0.15, 0.2) is 0 Å². The molecule has 0 unspecified atom stereocenters. The van der Waals surface area contributed by atoms with Gasteiger partial charge >= 0.3 is 5.63 Å². The molecule has 0 radical (unpaired) electrons. The third-order valence-electron chi connectivity index (χ3n) is 2.61. The summed E-state index contributed by atoms with van der Waals surface area (Å²) in [5.74, 6) is 0. The summed E-state index contributed by atoms with van der Waals surface area (Å²) in [6.45, 7) is 0.666. The molecule has 2 rings (SSSR count). The molecule has 3 heteroatoms. The highest BCUT2D eigenvalue weighted by Gasteiger charge is 2.04. The lowest BCUT2D eigenvalue weighted by Crippen LogP contribution is -2.08. The topological polar surface area (TPSA) is 56.2 Å². The number of unbranched alkanes of at least 4 members (excludes halogenated alkanes) is 1. The van der Waals surface area contributed by atoms with Gasteiger partial charge in [0, 0.05) is 10.9 Å². The van der Waals surface area contributed by atoms with Crippen molar-refractivity contribution in [2.75, 3.05) is 6.54 Å². The third-order valence-corrected chi connectivity index (χ3v) is 2.61. The van der Waals surface area contributed by atoms with Crippen molar-refractivity contribution in [3.63, 3.8) is 0 Å². The summed E-state index contributed by atoms with van der Waals surface area (Å²) >= 11 is 0. The molecule has 84 valence electrons. The number of aryl methyl sites for hydroxylation is 1. The predicted molar refractivity (Wildman–Crippen MR) is 64.5 cm³/mol. The van der Waals surface area contributed by atoms with E-state index in [4.69, 9.17) is 10.2 Å². The first-order valence-electron chi connectivity index (χ1n) is 5.53. The van der Waals surface area contributed by atoms with Gasteiger partial charge in [-0.3, -0.25) is 0 Å². The number of hydrogen-bond donors (Lipinski definition) is 1. The van der Waals surface area contributed by atoms with Gasteiger partial charge in [0.25, 0.3) is 0 Å². The van der Waals surface area contributed by atoms with Crippen LogP contribution in [0.4, 0.5) is 0 Å². The Hall–Kier alpha value is -1.61. The van der Waals surface area contributed by atoms with Crippen molar-refractivity contribution in [3.05, 3.63) is 46.3 Å². The lowest BCUT2D eigenvalue weighted by atomic mass is 10.1. The number of benzene rings is 1. The van der Waals surface area contributed by atoms with Gasteiger partial charge < -0.3 is 10.2 Å². The summed E-state index contributed by atoms with van der Waals surface area (Å²) in [5.41, 5.74) is 6.58. The number of fused-ring (bicyclic) bond motifs is 1. The molecule has 0 aliphatic rings. The summed E-state index contributed by atoms with van der Waals surface area (Å²) in [6, 6.07) is 9.47. The highest BCUT2D eigenvalue weighted by atomic mass is 16.4. The van der Waals surface area contributed by atoms with Gasteiger partial charge in [-0.1, -0.05) is 18.2 Å².